The zero-order valence-corrected chi connectivity index (χ0v) is 19.3. The third-order valence-electron chi connectivity index (χ3n) is 4.31. The van der Waals surface area contributed by atoms with Gasteiger partial charge < -0.3 is 29.8 Å². The number of unbranched alkanes of at least 4 members (excludes halogenated alkanes) is 1. The molecular formula is C20H29N7O6. The number of aryl methyl sites for hydroxylation is 2. The summed E-state index contributed by atoms with van der Waals surface area (Å²) in [5, 5.41) is 18.8. The van der Waals surface area contributed by atoms with Crippen LogP contribution < -0.4 is 16.0 Å². The Hall–Kier alpha value is -3.90. The molecule has 180 valence electrons. The Morgan fingerprint density at radius 2 is 1.70 bits per heavy atom. The maximum Gasteiger partial charge on any atom is 0.407 e. The van der Waals surface area contributed by atoms with E-state index in [1.165, 1.54) is 28.6 Å². The fourth-order valence-corrected chi connectivity index (χ4v) is 2.83. The van der Waals surface area contributed by atoms with E-state index in [4.69, 9.17) is 4.74 Å². The Labute approximate surface area is 190 Å². The summed E-state index contributed by atoms with van der Waals surface area (Å²) >= 11 is 0. The van der Waals surface area contributed by atoms with E-state index in [-0.39, 0.29) is 23.0 Å². The average molecular weight is 463 g/mol. The van der Waals surface area contributed by atoms with E-state index in [1.54, 1.807) is 27.8 Å². The summed E-state index contributed by atoms with van der Waals surface area (Å²) in [4.78, 5) is 50.8. The second kappa shape index (κ2) is 10.6. The van der Waals surface area contributed by atoms with Gasteiger partial charge in [-0.25, -0.2) is 9.78 Å². The molecule has 0 aliphatic rings. The molecule has 0 saturated heterocycles. The molecule has 3 N–H and O–H groups in total. The van der Waals surface area contributed by atoms with E-state index in [1.807, 2.05) is 0 Å². The van der Waals surface area contributed by atoms with E-state index in [0.717, 1.165) is 6.07 Å². The van der Waals surface area contributed by atoms with Crippen molar-refractivity contribution in [2.75, 3.05) is 18.4 Å². The maximum absolute atomic E-state index is 12.4. The highest BCUT2D eigenvalue weighted by Crippen LogP contribution is 2.17. The molecule has 2 rings (SSSR count). The Morgan fingerprint density at radius 3 is 2.27 bits per heavy atom. The molecule has 13 nitrogen and oxygen atoms in total. The minimum absolute atomic E-state index is 0.0818. The van der Waals surface area contributed by atoms with Crippen LogP contribution in [-0.4, -0.2) is 55.6 Å². The number of anilines is 1. The van der Waals surface area contributed by atoms with Crippen molar-refractivity contribution in [3.05, 3.63) is 40.1 Å². The molecule has 0 aliphatic heterocycles. The lowest BCUT2D eigenvalue weighted by atomic mass is 10.2. The number of ether oxygens (including phenoxy) is 1. The number of amides is 3. The van der Waals surface area contributed by atoms with Crippen molar-refractivity contribution >= 4 is 29.4 Å². The lowest BCUT2D eigenvalue weighted by Gasteiger charge is -2.19. The molecule has 2 aromatic rings. The normalized spacial score (nSPS) is 11.1. The van der Waals surface area contributed by atoms with Gasteiger partial charge in [-0.15, -0.1) is 0 Å². The number of hydrogen-bond donors (Lipinski definition) is 3. The van der Waals surface area contributed by atoms with E-state index in [9.17, 15) is 24.5 Å². The molecule has 0 aromatic carbocycles. The average Bonchev–Trinajstić information content (AvgIpc) is 3.25. The van der Waals surface area contributed by atoms with Crippen molar-refractivity contribution in [2.45, 2.75) is 39.2 Å². The highest BCUT2D eigenvalue weighted by Gasteiger charge is 2.20. The number of nitrogens with zero attached hydrogens (tertiary/aromatic N) is 4. The predicted octanol–water partition coefficient (Wildman–Crippen LogP) is 1.95. The minimum atomic E-state index is -0.590. The molecule has 2 heterocycles. The number of aromatic nitrogens is 3. The van der Waals surface area contributed by atoms with Crippen LogP contribution in [0.25, 0.3) is 0 Å². The highest BCUT2D eigenvalue weighted by atomic mass is 16.6. The molecule has 2 aromatic heterocycles. The monoisotopic (exact) mass is 463 g/mol. The van der Waals surface area contributed by atoms with Crippen LogP contribution in [0, 0.1) is 10.1 Å². The third kappa shape index (κ3) is 7.63. The van der Waals surface area contributed by atoms with Gasteiger partial charge >= 0.3 is 6.09 Å². The first-order chi connectivity index (χ1) is 15.4. The summed E-state index contributed by atoms with van der Waals surface area (Å²) in [6, 6.07) is 1.16. The number of imidazole rings is 1. The SMILES string of the molecule is Cn1cc([N+](=O)[O-])cc1C(=O)Nc1cn(C)c(C(=O)NCCCCNC(=O)OC(C)(C)C)n1. The molecule has 0 unspecified atom stereocenters. The first-order valence-corrected chi connectivity index (χ1v) is 10.3. The van der Waals surface area contributed by atoms with Crippen LogP contribution >= 0.6 is 0 Å². The van der Waals surface area contributed by atoms with Crippen molar-refractivity contribution < 1.29 is 24.0 Å². The number of carbonyl (C=O) groups is 3. The number of rotatable bonds is 9. The van der Waals surface area contributed by atoms with Gasteiger partial charge in [0.05, 0.1) is 11.1 Å². The molecule has 0 radical (unpaired) electrons. The number of carbonyl (C=O) groups excluding carboxylic acids is 3. The van der Waals surface area contributed by atoms with E-state index < -0.39 is 28.4 Å². The molecule has 3 amide bonds. The Bertz CT molecular complexity index is 1030. The van der Waals surface area contributed by atoms with Crippen LogP contribution in [0.2, 0.25) is 0 Å². The maximum atomic E-state index is 12.4. The van der Waals surface area contributed by atoms with Crippen molar-refractivity contribution in [2.24, 2.45) is 14.1 Å². The second-order valence-electron chi connectivity index (χ2n) is 8.36. The quantitative estimate of drug-likeness (QED) is 0.291. The van der Waals surface area contributed by atoms with Crippen LogP contribution in [0.3, 0.4) is 0 Å². The number of hydrogen-bond acceptors (Lipinski definition) is 7. The van der Waals surface area contributed by atoms with Crippen molar-refractivity contribution in [3.8, 4) is 0 Å². The first-order valence-electron chi connectivity index (χ1n) is 10.3. The molecule has 0 saturated carbocycles. The van der Waals surface area contributed by atoms with Gasteiger partial charge in [-0.2, -0.15) is 0 Å². The molecular weight excluding hydrogens is 434 g/mol. The minimum Gasteiger partial charge on any atom is -0.444 e. The van der Waals surface area contributed by atoms with Gasteiger partial charge in [0.2, 0.25) is 5.82 Å². The lowest BCUT2D eigenvalue weighted by Crippen LogP contribution is -2.33. The van der Waals surface area contributed by atoms with Crippen LogP contribution in [0.15, 0.2) is 18.5 Å². The van der Waals surface area contributed by atoms with Crippen LogP contribution in [0.5, 0.6) is 0 Å². The molecule has 0 atom stereocenters. The van der Waals surface area contributed by atoms with Gasteiger partial charge in [-0.1, -0.05) is 0 Å². The molecule has 0 bridgehead atoms. The number of nitrogens with one attached hydrogen (secondary N) is 3. The zero-order chi connectivity index (χ0) is 24.8. The van der Waals surface area contributed by atoms with E-state index in [2.05, 4.69) is 20.9 Å². The van der Waals surface area contributed by atoms with Crippen LogP contribution in [0.1, 0.15) is 54.7 Å². The fraction of sp³-hybridized carbons (Fsp3) is 0.500. The zero-order valence-electron chi connectivity index (χ0n) is 19.3. The van der Waals surface area contributed by atoms with Crippen LogP contribution in [0.4, 0.5) is 16.3 Å². The number of nitro groups is 1. The standard InChI is InChI=1S/C20H29N7O6/c1-20(2,3)33-19(30)22-9-7-6-8-21-18(29)16-23-15(12-26(16)5)24-17(28)14-10-13(27(31)32)11-25(14)4/h10-12H,6-9H2,1-5H3,(H,21,29)(H,22,30)(H,24,28). The summed E-state index contributed by atoms with van der Waals surface area (Å²) in [5.41, 5.74) is -0.680. The van der Waals surface area contributed by atoms with Crippen molar-refractivity contribution in [1.82, 2.24) is 24.8 Å². The van der Waals surface area contributed by atoms with Gasteiger partial charge in [0.25, 0.3) is 17.5 Å². The van der Waals surface area contributed by atoms with E-state index >= 15 is 0 Å². The summed E-state index contributed by atoms with van der Waals surface area (Å²) in [7, 11) is 3.12. The predicted molar refractivity (Wildman–Crippen MR) is 119 cm³/mol. The largest absolute Gasteiger partial charge is 0.444 e. The summed E-state index contributed by atoms with van der Waals surface area (Å²) < 4.78 is 7.93. The third-order valence-corrected chi connectivity index (χ3v) is 4.31. The Kier molecular flexibility index (Phi) is 8.16. The second-order valence-corrected chi connectivity index (χ2v) is 8.36. The van der Waals surface area contributed by atoms with Gasteiger partial charge in [0, 0.05) is 39.4 Å². The summed E-state index contributed by atoms with van der Waals surface area (Å²) in [5.74, 6) is -0.783. The smallest absolute Gasteiger partial charge is 0.407 e. The van der Waals surface area contributed by atoms with Gasteiger partial charge in [-0.05, 0) is 33.6 Å². The van der Waals surface area contributed by atoms with E-state index in [0.29, 0.717) is 25.9 Å². The van der Waals surface area contributed by atoms with Crippen molar-refractivity contribution in [3.63, 3.8) is 0 Å². The fourth-order valence-electron chi connectivity index (χ4n) is 2.83. The lowest BCUT2D eigenvalue weighted by molar-refractivity contribution is -0.384. The van der Waals surface area contributed by atoms with Gasteiger partial charge in [0.1, 0.15) is 11.3 Å². The molecule has 33 heavy (non-hydrogen) atoms. The molecule has 0 spiro atoms. The highest BCUT2D eigenvalue weighted by molar-refractivity contribution is 6.03. The molecule has 0 fully saturated rings. The molecule has 0 aliphatic carbocycles. The Balaban J connectivity index is 1.81. The topological polar surface area (TPSA) is 162 Å². The summed E-state index contributed by atoms with van der Waals surface area (Å²) in [6.07, 6.45) is 3.48. The number of alkyl carbamates (subject to hydrolysis) is 1. The Morgan fingerprint density at radius 1 is 1.06 bits per heavy atom. The first kappa shape index (κ1) is 25.4. The summed E-state index contributed by atoms with van der Waals surface area (Å²) in [6.45, 7) is 6.13. The van der Waals surface area contributed by atoms with Gasteiger partial charge in [-0.3, -0.25) is 19.7 Å². The van der Waals surface area contributed by atoms with Gasteiger partial charge in [0.15, 0.2) is 5.82 Å². The molecule has 13 heteroatoms. The van der Waals surface area contributed by atoms with Crippen molar-refractivity contribution in [1.29, 1.82) is 0 Å². The van der Waals surface area contributed by atoms with Crippen LogP contribution in [-0.2, 0) is 18.8 Å².